The number of carbonyl (C=O) groups is 2. The quantitative estimate of drug-likeness (QED) is 0.458. The Balaban J connectivity index is 1.72. The first-order valence-electron chi connectivity index (χ1n) is 12.6. The normalized spacial score (nSPS) is 15.4. The van der Waals surface area contributed by atoms with Gasteiger partial charge in [0.15, 0.2) is 5.78 Å². The summed E-state index contributed by atoms with van der Waals surface area (Å²) in [5, 5.41) is 2.66. The molecule has 10 heteroatoms. The second-order valence-corrected chi connectivity index (χ2v) is 12.5. The number of halogens is 1. The van der Waals surface area contributed by atoms with Crippen LogP contribution in [0.5, 0.6) is 0 Å². The zero-order valence-corrected chi connectivity index (χ0v) is 22.9. The second kappa shape index (κ2) is 10.8. The number of hydrogen-bond acceptors (Lipinski definition) is 5. The lowest BCUT2D eigenvalue weighted by Gasteiger charge is -2.28. The van der Waals surface area contributed by atoms with Gasteiger partial charge in [0.2, 0.25) is 15.9 Å². The molecule has 0 unspecified atom stereocenters. The van der Waals surface area contributed by atoms with E-state index < -0.39 is 27.2 Å². The first-order valence-corrected chi connectivity index (χ1v) is 14.0. The standard InChI is InChI=1S/C28H33FN4O4S/c1-28(2,3)22(27(35)30-4)18-24(34)25-23-14-15-32(38(36,37)21-12-10-20(29)11-13-21)16-17-33(23)26(31-25)19-8-6-5-7-9-19/h5-13,22H,14-18H2,1-4H3,(H,30,35)/t22-/m1/s1. The molecule has 8 nitrogen and oxygen atoms in total. The third kappa shape index (κ3) is 5.56. The van der Waals surface area contributed by atoms with Crippen LogP contribution in [0.4, 0.5) is 4.39 Å². The summed E-state index contributed by atoms with van der Waals surface area (Å²) in [4.78, 5) is 31.0. The number of ketones is 1. The summed E-state index contributed by atoms with van der Waals surface area (Å²) < 4.78 is 43.3. The van der Waals surface area contributed by atoms with Crippen LogP contribution in [0, 0.1) is 17.2 Å². The van der Waals surface area contributed by atoms with Gasteiger partial charge in [0.25, 0.3) is 0 Å². The number of rotatable bonds is 7. The summed E-state index contributed by atoms with van der Waals surface area (Å²) in [5.74, 6) is -0.955. The average Bonchev–Trinajstić information content (AvgIpc) is 3.10. The number of imidazole rings is 1. The molecule has 1 atom stereocenters. The molecule has 3 aromatic rings. The Bertz CT molecular complexity index is 1430. The van der Waals surface area contributed by atoms with Crippen LogP contribution >= 0.6 is 0 Å². The molecule has 0 aliphatic carbocycles. The number of fused-ring (bicyclic) bond motifs is 1. The van der Waals surface area contributed by atoms with Gasteiger partial charge in [-0.25, -0.2) is 17.8 Å². The van der Waals surface area contributed by atoms with Crippen molar-refractivity contribution < 1.29 is 22.4 Å². The molecule has 1 aromatic heterocycles. The van der Waals surface area contributed by atoms with Crippen LogP contribution in [0.1, 0.15) is 43.4 Å². The number of amides is 1. The van der Waals surface area contributed by atoms with Crippen LogP contribution in [0.3, 0.4) is 0 Å². The molecule has 38 heavy (non-hydrogen) atoms. The summed E-state index contributed by atoms with van der Waals surface area (Å²) in [6, 6.07) is 14.2. The minimum atomic E-state index is -3.87. The number of benzene rings is 2. The van der Waals surface area contributed by atoms with E-state index in [1.165, 1.54) is 16.4 Å². The number of nitrogens with one attached hydrogen (secondary N) is 1. The Kier molecular flexibility index (Phi) is 7.85. The van der Waals surface area contributed by atoms with Gasteiger partial charge in [0.05, 0.1) is 16.5 Å². The average molecular weight is 541 g/mol. The smallest absolute Gasteiger partial charge is 0.243 e. The highest BCUT2D eigenvalue weighted by Crippen LogP contribution is 2.32. The zero-order chi connectivity index (χ0) is 27.7. The third-order valence-electron chi connectivity index (χ3n) is 6.99. The summed E-state index contributed by atoms with van der Waals surface area (Å²) in [5.41, 5.74) is 1.27. The summed E-state index contributed by atoms with van der Waals surface area (Å²) >= 11 is 0. The molecule has 1 N–H and O–H groups in total. The fraction of sp³-hybridized carbons (Fsp3) is 0.393. The van der Waals surface area contributed by atoms with E-state index in [9.17, 15) is 22.4 Å². The Hall–Kier alpha value is -3.37. The molecule has 1 amide bonds. The Morgan fingerprint density at radius 2 is 1.68 bits per heavy atom. The van der Waals surface area contributed by atoms with Crippen molar-refractivity contribution in [1.29, 1.82) is 0 Å². The maximum Gasteiger partial charge on any atom is 0.243 e. The number of carbonyl (C=O) groups excluding carboxylic acids is 2. The lowest BCUT2D eigenvalue weighted by atomic mass is 9.77. The first kappa shape index (κ1) is 27.7. The molecule has 1 aliphatic rings. The van der Waals surface area contributed by atoms with E-state index >= 15 is 0 Å². The van der Waals surface area contributed by atoms with Crippen LogP contribution in [-0.2, 0) is 27.8 Å². The molecule has 1 aliphatic heterocycles. The van der Waals surface area contributed by atoms with E-state index in [-0.39, 0.29) is 48.2 Å². The summed E-state index contributed by atoms with van der Waals surface area (Å²) in [6.07, 6.45) is 0.250. The Morgan fingerprint density at radius 3 is 2.29 bits per heavy atom. The SMILES string of the molecule is CNC(=O)[C@@H](CC(=O)c1nc(-c2ccccc2)n2c1CCN(S(=O)(=O)c1ccc(F)cc1)CC2)C(C)(C)C. The zero-order valence-electron chi connectivity index (χ0n) is 22.1. The van der Waals surface area contributed by atoms with Gasteiger partial charge in [-0.3, -0.25) is 9.59 Å². The number of nitrogens with zero attached hydrogens (tertiary/aromatic N) is 3. The number of sulfonamides is 1. The lowest BCUT2D eigenvalue weighted by Crippen LogP contribution is -2.37. The van der Waals surface area contributed by atoms with Gasteiger partial charge < -0.3 is 9.88 Å². The van der Waals surface area contributed by atoms with Crippen molar-refractivity contribution in [1.82, 2.24) is 19.2 Å². The fourth-order valence-corrected chi connectivity index (χ4v) is 6.24. The molecule has 0 bridgehead atoms. The number of aromatic nitrogens is 2. The fourth-order valence-electron chi connectivity index (χ4n) is 4.81. The van der Waals surface area contributed by atoms with Crippen LogP contribution in [-0.4, -0.2) is 54.1 Å². The van der Waals surface area contributed by atoms with E-state index in [1.54, 1.807) is 7.05 Å². The van der Waals surface area contributed by atoms with Crippen molar-refractivity contribution in [3.8, 4) is 11.4 Å². The van der Waals surface area contributed by atoms with Gasteiger partial charge in [-0.05, 0) is 29.7 Å². The molecule has 0 saturated carbocycles. The Labute approximate surface area is 222 Å². The summed E-state index contributed by atoms with van der Waals surface area (Å²) in [7, 11) is -2.31. The van der Waals surface area contributed by atoms with Crippen molar-refractivity contribution in [3.05, 3.63) is 71.8 Å². The minimum absolute atomic E-state index is 0.0149. The van der Waals surface area contributed by atoms with Crippen LogP contribution in [0.25, 0.3) is 11.4 Å². The molecular weight excluding hydrogens is 507 g/mol. The highest BCUT2D eigenvalue weighted by Gasteiger charge is 2.36. The first-order chi connectivity index (χ1) is 17.9. The topological polar surface area (TPSA) is 101 Å². The van der Waals surface area contributed by atoms with Crippen LogP contribution in [0.15, 0.2) is 59.5 Å². The van der Waals surface area contributed by atoms with Gasteiger partial charge in [0, 0.05) is 45.1 Å². The number of Topliss-reactive ketones (excluding diaryl/α,β-unsaturated/α-hetero) is 1. The van der Waals surface area contributed by atoms with Gasteiger partial charge >= 0.3 is 0 Å². The highest BCUT2D eigenvalue weighted by atomic mass is 32.2. The van der Waals surface area contributed by atoms with Gasteiger partial charge in [0.1, 0.15) is 17.3 Å². The number of hydrogen-bond donors (Lipinski definition) is 1. The minimum Gasteiger partial charge on any atom is -0.359 e. The maximum atomic E-state index is 13.7. The third-order valence-corrected chi connectivity index (χ3v) is 8.90. The maximum absolute atomic E-state index is 13.7. The van der Waals surface area contributed by atoms with E-state index in [0.717, 1.165) is 17.7 Å². The predicted molar refractivity (Wildman–Crippen MR) is 142 cm³/mol. The van der Waals surface area contributed by atoms with E-state index in [4.69, 9.17) is 4.98 Å². The Morgan fingerprint density at radius 1 is 1.03 bits per heavy atom. The molecule has 0 spiro atoms. The monoisotopic (exact) mass is 540 g/mol. The van der Waals surface area contributed by atoms with Crippen LogP contribution < -0.4 is 5.32 Å². The van der Waals surface area contributed by atoms with E-state index in [0.29, 0.717) is 18.1 Å². The van der Waals surface area contributed by atoms with Crippen molar-refractivity contribution in [3.63, 3.8) is 0 Å². The van der Waals surface area contributed by atoms with Gasteiger partial charge in [-0.15, -0.1) is 0 Å². The molecule has 2 aromatic carbocycles. The van der Waals surface area contributed by atoms with Crippen LogP contribution in [0.2, 0.25) is 0 Å². The molecule has 4 rings (SSSR count). The molecule has 0 fully saturated rings. The highest BCUT2D eigenvalue weighted by molar-refractivity contribution is 7.89. The van der Waals surface area contributed by atoms with Gasteiger partial charge in [-0.2, -0.15) is 4.31 Å². The molecule has 0 radical (unpaired) electrons. The molecular formula is C28H33FN4O4S. The van der Waals surface area contributed by atoms with Gasteiger partial charge in [-0.1, -0.05) is 51.1 Å². The van der Waals surface area contributed by atoms with Crippen molar-refractivity contribution in [2.45, 2.75) is 45.1 Å². The largest absolute Gasteiger partial charge is 0.359 e. The van der Waals surface area contributed by atoms with E-state index in [1.807, 2.05) is 55.7 Å². The van der Waals surface area contributed by atoms with Crippen molar-refractivity contribution in [2.24, 2.45) is 11.3 Å². The second-order valence-electron chi connectivity index (χ2n) is 10.5. The summed E-state index contributed by atoms with van der Waals surface area (Å²) in [6.45, 7) is 6.35. The predicted octanol–water partition coefficient (Wildman–Crippen LogP) is 3.92. The lowest BCUT2D eigenvalue weighted by molar-refractivity contribution is -0.127. The molecule has 0 saturated heterocycles. The van der Waals surface area contributed by atoms with Crippen molar-refractivity contribution >= 4 is 21.7 Å². The van der Waals surface area contributed by atoms with E-state index in [2.05, 4.69) is 5.32 Å². The van der Waals surface area contributed by atoms with Crippen molar-refractivity contribution in [2.75, 3.05) is 20.1 Å². The molecule has 2 heterocycles. The molecule has 202 valence electrons.